The Kier molecular flexibility index (Phi) is 2.65. The molecule has 2 fully saturated rings. The summed E-state index contributed by atoms with van der Waals surface area (Å²) in [5.74, 6) is 0.479. The predicted octanol–water partition coefficient (Wildman–Crippen LogP) is 3.95. The molecule has 0 N–H and O–H groups in total. The fourth-order valence-corrected chi connectivity index (χ4v) is 3.61. The third kappa shape index (κ3) is 1.94. The standard InChI is InChI=1S/C18H22N2/c1-13(2)17-16-6-4-3-5-15(16)14(9-19-17)10-20-11-18(12-20)7-8-18/h3-6,9,13H,7-8,10-12H2,1-2H3. The van der Waals surface area contributed by atoms with Gasteiger partial charge in [0.1, 0.15) is 0 Å². The van der Waals surface area contributed by atoms with Crippen molar-refractivity contribution in [2.45, 2.75) is 39.2 Å². The molecule has 2 heterocycles. The number of fused-ring (bicyclic) bond motifs is 1. The average Bonchev–Trinajstić information content (AvgIpc) is 3.19. The van der Waals surface area contributed by atoms with Crippen LogP contribution in [-0.4, -0.2) is 23.0 Å². The first-order valence-electron chi connectivity index (χ1n) is 7.76. The summed E-state index contributed by atoms with van der Waals surface area (Å²) in [6.45, 7) is 8.11. The first kappa shape index (κ1) is 12.3. The Morgan fingerprint density at radius 1 is 1.15 bits per heavy atom. The normalized spacial score (nSPS) is 20.6. The molecule has 0 radical (unpaired) electrons. The Morgan fingerprint density at radius 2 is 1.85 bits per heavy atom. The Hall–Kier alpha value is -1.41. The van der Waals surface area contributed by atoms with E-state index < -0.39 is 0 Å². The molecule has 1 aliphatic carbocycles. The highest BCUT2D eigenvalue weighted by atomic mass is 15.2. The maximum absolute atomic E-state index is 4.74. The van der Waals surface area contributed by atoms with Gasteiger partial charge in [-0.1, -0.05) is 38.1 Å². The van der Waals surface area contributed by atoms with Crippen molar-refractivity contribution in [3.8, 4) is 0 Å². The smallest absolute Gasteiger partial charge is 0.0507 e. The van der Waals surface area contributed by atoms with E-state index >= 15 is 0 Å². The lowest BCUT2D eigenvalue weighted by molar-refractivity contribution is 0.0742. The monoisotopic (exact) mass is 266 g/mol. The molecule has 0 amide bonds. The van der Waals surface area contributed by atoms with E-state index in [4.69, 9.17) is 4.98 Å². The Bertz CT molecular complexity index is 648. The number of aromatic nitrogens is 1. The van der Waals surface area contributed by atoms with E-state index in [0.717, 1.165) is 12.0 Å². The summed E-state index contributed by atoms with van der Waals surface area (Å²) in [5, 5.41) is 2.73. The van der Waals surface area contributed by atoms with Crippen LogP contribution in [0.2, 0.25) is 0 Å². The molecule has 4 rings (SSSR count). The van der Waals surface area contributed by atoms with Gasteiger partial charge in [0.15, 0.2) is 0 Å². The van der Waals surface area contributed by atoms with E-state index in [9.17, 15) is 0 Å². The van der Waals surface area contributed by atoms with E-state index in [1.165, 1.54) is 48.0 Å². The summed E-state index contributed by atoms with van der Waals surface area (Å²) < 4.78 is 0. The molecule has 1 saturated carbocycles. The van der Waals surface area contributed by atoms with Gasteiger partial charge < -0.3 is 0 Å². The Morgan fingerprint density at radius 3 is 2.50 bits per heavy atom. The van der Waals surface area contributed by atoms with Gasteiger partial charge in [-0.2, -0.15) is 0 Å². The fraction of sp³-hybridized carbons (Fsp3) is 0.500. The second-order valence-corrected chi connectivity index (χ2v) is 7.01. The highest BCUT2D eigenvalue weighted by Gasteiger charge is 2.51. The van der Waals surface area contributed by atoms with Gasteiger partial charge in [0, 0.05) is 31.2 Å². The maximum atomic E-state index is 4.74. The van der Waals surface area contributed by atoms with Gasteiger partial charge in [0.2, 0.25) is 0 Å². The summed E-state index contributed by atoms with van der Waals surface area (Å²) in [5.41, 5.74) is 3.35. The van der Waals surface area contributed by atoms with Crippen LogP contribution in [0.3, 0.4) is 0 Å². The zero-order valence-electron chi connectivity index (χ0n) is 12.4. The number of pyridine rings is 1. The van der Waals surface area contributed by atoms with Crippen LogP contribution in [-0.2, 0) is 6.54 Å². The lowest BCUT2D eigenvalue weighted by Gasteiger charge is -2.40. The van der Waals surface area contributed by atoms with Crippen LogP contribution >= 0.6 is 0 Å². The van der Waals surface area contributed by atoms with Crippen LogP contribution < -0.4 is 0 Å². The molecule has 0 bridgehead atoms. The number of likely N-dealkylation sites (tertiary alicyclic amines) is 1. The first-order chi connectivity index (χ1) is 9.67. The van der Waals surface area contributed by atoms with Crippen LogP contribution in [0.15, 0.2) is 30.5 Å². The Labute approximate surface area is 120 Å². The molecule has 104 valence electrons. The number of rotatable bonds is 3. The summed E-state index contributed by atoms with van der Waals surface area (Å²) in [4.78, 5) is 7.32. The minimum absolute atomic E-state index is 0.479. The quantitative estimate of drug-likeness (QED) is 0.836. The first-order valence-corrected chi connectivity index (χ1v) is 7.76. The molecule has 0 unspecified atom stereocenters. The SMILES string of the molecule is CC(C)c1ncc(CN2CC3(CC3)C2)c2ccccc12. The largest absolute Gasteiger partial charge is 0.298 e. The van der Waals surface area contributed by atoms with Crippen molar-refractivity contribution in [2.24, 2.45) is 5.41 Å². The van der Waals surface area contributed by atoms with Gasteiger partial charge in [-0.25, -0.2) is 0 Å². The molecule has 0 atom stereocenters. The van der Waals surface area contributed by atoms with Crippen LogP contribution in [0.1, 0.15) is 43.9 Å². The van der Waals surface area contributed by atoms with Crippen molar-refractivity contribution in [2.75, 3.05) is 13.1 Å². The van der Waals surface area contributed by atoms with E-state index in [0.29, 0.717) is 5.92 Å². The van der Waals surface area contributed by atoms with Crippen molar-refractivity contribution in [3.05, 3.63) is 41.7 Å². The van der Waals surface area contributed by atoms with Gasteiger partial charge in [0.05, 0.1) is 5.69 Å². The number of hydrogen-bond acceptors (Lipinski definition) is 2. The molecule has 1 aromatic carbocycles. The van der Waals surface area contributed by atoms with Crippen LogP contribution in [0, 0.1) is 5.41 Å². The third-order valence-corrected chi connectivity index (χ3v) is 4.92. The molecule has 2 aromatic rings. The van der Waals surface area contributed by atoms with Gasteiger partial charge in [0.25, 0.3) is 0 Å². The molecule has 1 aliphatic heterocycles. The molecular weight excluding hydrogens is 244 g/mol. The topological polar surface area (TPSA) is 16.1 Å². The summed E-state index contributed by atoms with van der Waals surface area (Å²) in [6.07, 6.45) is 5.01. The van der Waals surface area contributed by atoms with E-state index in [-0.39, 0.29) is 0 Å². The number of nitrogens with zero attached hydrogens (tertiary/aromatic N) is 2. The van der Waals surface area contributed by atoms with Crippen LogP contribution in [0.4, 0.5) is 0 Å². The third-order valence-electron chi connectivity index (χ3n) is 4.92. The zero-order chi connectivity index (χ0) is 13.7. The average molecular weight is 266 g/mol. The van der Waals surface area contributed by atoms with Crippen molar-refractivity contribution in [1.29, 1.82) is 0 Å². The molecule has 2 aliphatic rings. The van der Waals surface area contributed by atoms with Gasteiger partial charge >= 0.3 is 0 Å². The second-order valence-electron chi connectivity index (χ2n) is 7.01. The van der Waals surface area contributed by atoms with Gasteiger partial charge in [-0.3, -0.25) is 9.88 Å². The van der Waals surface area contributed by atoms with Crippen molar-refractivity contribution >= 4 is 10.8 Å². The van der Waals surface area contributed by atoms with Crippen molar-refractivity contribution < 1.29 is 0 Å². The molecule has 2 nitrogen and oxygen atoms in total. The van der Waals surface area contributed by atoms with Gasteiger partial charge in [-0.15, -0.1) is 0 Å². The summed E-state index contributed by atoms with van der Waals surface area (Å²) >= 11 is 0. The summed E-state index contributed by atoms with van der Waals surface area (Å²) in [7, 11) is 0. The molecule has 1 saturated heterocycles. The lowest BCUT2D eigenvalue weighted by atomic mass is 9.94. The second kappa shape index (κ2) is 4.29. The Balaban J connectivity index is 1.67. The fourth-order valence-electron chi connectivity index (χ4n) is 3.61. The van der Waals surface area contributed by atoms with Crippen molar-refractivity contribution in [1.82, 2.24) is 9.88 Å². The highest BCUT2D eigenvalue weighted by molar-refractivity contribution is 5.87. The predicted molar refractivity (Wildman–Crippen MR) is 82.8 cm³/mol. The minimum Gasteiger partial charge on any atom is -0.298 e. The van der Waals surface area contributed by atoms with E-state index in [1.807, 2.05) is 0 Å². The van der Waals surface area contributed by atoms with Gasteiger partial charge in [-0.05, 0) is 35.1 Å². The molecular formula is C18H22N2. The van der Waals surface area contributed by atoms with Crippen LogP contribution in [0.5, 0.6) is 0 Å². The highest BCUT2D eigenvalue weighted by Crippen LogP contribution is 2.53. The minimum atomic E-state index is 0.479. The van der Waals surface area contributed by atoms with E-state index in [1.54, 1.807) is 0 Å². The molecule has 1 aromatic heterocycles. The molecule has 20 heavy (non-hydrogen) atoms. The van der Waals surface area contributed by atoms with Crippen LogP contribution in [0.25, 0.3) is 10.8 Å². The van der Waals surface area contributed by atoms with E-state index in [2.05, 4.69) is 49.2 Å². The lowest BCUT2D eigenvalue weighted by Crippen LogP contribution is -2.47. The number of hydrogen-bond donors (Lipinski definition) is 0. The molecule has 2 heteroatoms. The maximum Gasteiger partial charge on any atom is 0.0507 e. The number of benzene rings is 1. The van der Waals surface area contributed by atoms with Crippen molar-refractivity contribution in [3.63, 3.8) is 0 Å². The molecule has 1 spiro atoms. The zero-order valence-corrected chi connectivity index (χ0v) is 12.4. The summed E-state index contributed by atoms with van der Waals surface area (Å²) in [6, 6.07) is 8.75.